The highest BCUT2D eigenvalue weighted by Gasteiger charge is 2.39. The van der Waals surface area contributed by atoms with Gasteiger partial charge in [0.1, 0.15) is 16.4 Å². The Kier molecular flexibility index (Phi) is 6.03. The number of rotatable bonds is 4. The van der Waals surface area contributed by atoms with Gasteiger partial charge in [0.15, 0.2) is 0 Å². The molecule has 0 unspecified atom stereocenters. The fourth-order valence-corrected chi connectivity index (χ4v) is 5.75. The Hall–Kier alpha value is -1.97. The second-order valence-electron chi connectivity index (χ2n) is 7.03. The molecule has 1 aliphatic carbocycles. The monoisotopic (exact) mass is 449 g/mol. The lowest BCUT2D eigenvalue weighted by Crippen LogP contribution is -2.38. The van der Waals surface area contributed by atoms with Gasteiger partial charge in [-0.05, 0) is 55.4 Å². The van der Waals surface area contributed by atoms with Crippen molar-refractivity contribution in [3.05, 3.63) is 52.5 Å². The maximum Gasteiger partial charge on any atom is 0.417 e. The maximum absolute atomic E-state index is 13.3. The molecule has 0 aliphatic heterocycles. The van der Waals surface area contributed by atoms with Crippen LogP contribution < -0.4 is 4.72 Å². The van der Waals surface area contributed by atoms with Crippen LogP contribution in [-0.2, 0) is 16.2 Å². The number of hydrogen-bond acceptors (Lipinski definition) is 4. The van der Waals surface area contributed by atoms with Crippen molar-refractivity contribution in [1.29, 1.82) is 0 Å². The van der Waals surface area contributed by atoms with Gasteiger partial charge < -0.3 is 10.2 Å². The third kappa shape index (κ3) is 4.79. The summed E-state index contributed by atoms with van der Waals surface area (Å²) < 4.78 is 67.4. The van der Waals surface area contributed by atoms with Gasteiger partial charge in [-0.3, -0.25) is 0 Å². The second-order valence-corrected chi connectivity index (χ2v) is 9.09. The summed E-state index contributed by atoms with van der Waals surface area (Å²) in [5, 5.41) is 18.9. The number of benzene rings is 2. The number of phenols is 2. The van der Waals surface area contributed by atoms with Crippen LogP contribution in [0.2, 0.25) is 5.02 Å². The molecule has 3 rings (SSSR count). The number of nitrogens with one attached hydrogen (secondary N) is 1. The molecule has 10 heteroatoms. The highest BCUT2D eigenvalue weighted by atomic mass is 35.5. The number of alkyl halides is 3. The summed E-state index contributed by atoms with van der Waals surface area (Å²) in [6.45, 7) is 0. The van der Waals surface area contributed by atoms with E-state index >= 15 is 0 Å². The number of aromatic hydroxyl groups is 2. The summed E-state index contributed by atoms with van der Waals surface area (Å²) in [4.78, 5) is -0.965. The molecule has 2 aromatic carbocycles. The lowest BCUT2D eigenvalue weighted by atomic mass is 9.81. The van der Waals surface area contributed by atoms with Crippen LogP contribution in [0.25, 0.3) is 0 Å². The summed E-state index contributed by atoms with van der Waals surface area (Å²) >= 11 is 5.80. The Balaban J connectivity index is 1.75. The normalized spacial score (nSPS) is 20.6. The first-order valence-electron chi connectivity index (χ1n) is 8.89. The van der Waals surface area contributed by atoms with Gasteiger partial charge in [0.2, 0.25) is 10.0 Å². The van der Waals surface area contributed by atoms with Crippen LogP contribution in [0.3, 0.4) is 0 Å². The van der Waals surface area contributed by atoms with E-state index in [9.17, 15) is 31.8 Å². The zero-order valence-corrected chi connectivity index (χ0v) is 16.7. The highest BCUT2D eigenvalue weighted by molar-refractivity contribution is 7.89. The average Bonchev–Trinajstić information content (AvgIpc) is 2.61. The molecule has 0 aromatic heterocycles. The SMILES string of the molecule is O=S(=O)(NC1CCC(c2ccc(O)cc2O)CC1)c1c(Cl)cccc1C(F)(F)F. The van der Waals surface area contributed by atoms with Crippen LogP contribution in [0, 0.1) is 0 Å². The Morgan fingerprint density at radius 3 is 2.28 bits per heavy atom. The molecule has 0 spiro atoms. The number of sulfonamides is 1. The van der Waals surface area contributed by atoms with Gasteiger partial charge in [0.05, 0.1) is 10.6 Å². The molecule has 0 heterocycles. The number of phenolic OH excluding ortho intramolecular Hbond substituents is 2. The van der Waals surface area contributed by atoms with Crippen molar-refractivity contribution in [3.63, 3.8) is 0 Å². The molecule has 1 aliphatic rings. The molecule has 3 N–H and O–H groups in total. The van der Waals surface area contributed by atoms with Crippen LogP contribution in [0.4, 0.5) is 13.2 Å². The minimum Gasteiger partial charge on any atom is -0.508 e. The molecule has 0 atom stereocenters. The molecule has 0 bridgehead atoms. The van der Waals surface area contributed by atoms with Crippen LogP contribution in [-0.4, -0.2) is 24.7 Å². The van der Waals surface area contributed by atoms with E-state index in [0.29, 0.717) is 37.3 Å². The standard InChI is InChI=1S/C19H19ClF3NO4S/c20-16-3-1-2-15(19(21,22)23)18(16)29(27,28)24-12-6-4-11(5-7-12)14-9-8-13(25)10-17(14)26/h1-3,8-12,24-26H,4-7H2. The maximum atomic E-state index is 13.3. The smallest absolute Gasteiger partial charge is 0.417 e. The summed E-state index contributed by atoms with van der Waals surface area (Å²) in [5.74, 6) is -0.143. The second kappa shape index (κ2) is 8.04. The first-order chi connectivity index (χ1) is 13.5. The first-order valence-corrected chi connectivity index (χ1v) is 10.7. The van der Waals surface area contributed by atoms with Crippen molar-refractivity contribution >= 4 is 21.6 Å². The van der Waals surface area contributed by atoms with Crippen LogP contribution in [0.1, 0.15) is 42.7 Å². The summed E-state index contributed by atoms with van der Waals surface area (Å²) in [5.41, 5.74) is -0.658. The molecule has 158 valence electrons. The quantitative estimate of drug-likeness (QED) is 0.627. The Morgan fingerprint density at radius 2 is 1.69 bits per heavy atom. The van der Waals surface area contributed by atoms with E-state index in [2.05, 4.69) is 4.72 Å². The van der Waals surface area contributed by atoms with E-state index < -0.39 is 37.7 Å². The van der Waals surface area contributed by atoms with Crippen molar-refractivity contribution in [3.8, 4) is 11.5 Å². The molecule has 0 saturated heterocycles. The summed E-state index contributed by atoms with van der Waals surface area (Å²) in [6, 6.07) is 6.60. The van der Waals surface area contributed by atoms with E-state index in [4.69, 9.17) is 11.6 Å². The molecule has 0 radical (unpaired) electrons. The molecule has 1 saturated carbocycles. The molecule has 0 amide bonds. The predicted octanol–water partition coefficient (Wildman–Crippen LogP) is 4.77. The van der Waals surface area contributed by atoms with E-state index in [1.165, 1.54) is 12.1 Å². The van der Waals surface area contributed by atoms with E-state index in [1.807, 2.05) is 0 Å². The third-order valence-electron chi connectivity index (χ3n) is 5.04. The molecule has 5 nitrogen and oxygen atoms in total. The predicted molar refractivity (Wildman–Crippen MR) is 102 cm³/mol. The fraction of sp³-hybridized carbons (Fsp3) is 0.368. The lowest BCUT2D eigenvalue weighted by molar-refractivity contribution is -0.139. The molecule has 1 fully saturated rings. The molecular formula is C19H19ClF3NO4S. The van der Waals surface area contributed by atoms with Gasteiger partial charge in [0.25, 0.3) is 0 Å². The van der Waals surface area contributed by atoms with Crippen LogP contribution in [0.15, 0.2) is 41.3 Å². The van der Waals surface area contributed by atoms with Crippen molar-refractivity contribution in [2.24, 2.45) is 0 Å². The summed E-state index contributed by atoms with van der Waals surface area (Å²) in [6.07, 6.45) is -3.03. The average molecular weight is 450 g/mol. The lowest BCUT2D eigenvalue weighted by Gasteiger charge is -2.30. The largest absolute Gasteiger partial charge is 0.508 e. The van der Waals surface area contributed by atoms with Crippen molar-refractivity contribution < 1.29 is 31.8 Å². The molecule has 2 aromatic rings. The van der Waals surface area contributed by atoms with E-state index in [1.54, 1.807) is 6.07 Å². The topological polar surface area (TPSA) is 86.6 Å². The molecule has 29 heavy (non-hydrogen) atoms. The van der Waals surface area contributed by atoms with Gasteiger partial charge in [-0.25, -0.2) is 13.1 Å². The van der Waals surface area contributed by atoms with Gasteiger partial charge >= 0.3 is 6.18 Å². The Labute approximate surface area is 171 Å². The third-order valence-corrected chi connectivity index (χ3v) is 7.09. The van der Waals surface area contributed by atoms with Crippen molar-refractivity contribution in [2.75, 3.05) is 0 Å². The number of hydrogen-bond donors (Lipinski definition) is 3. The van der Waals surface area contributed by atoms with Gasteiger partial charge in [-0.15, -0.1) is 0 Å². The fourth-order valence-electron chi connectivity index (χ4n) is 3.68. The first kappa shape index (κ1) is 21.7. The number of halogens is 4. The van der Waals surface area contributed by atoms with E-state index in [0.717, 1.165) is 12.1 Å². The zero-order chi connectivity index (χ0) is 21.4. The minimum absolute atomic E-state index is 0.0394. The van der Waals surface area contributed by atoms with Crippen molar-refractivity contribution in [2.45, 2.75) is 48.7 Å². The highest BCUT2D eigenvalue weighted by Crippen LogP contribution is 2.40. The van der Waals surface area contributed by atoms with Crippen LogP contribution in [0.5, 0.6) is 11.5 Å². The summed E-state index contributed by atoms with van der Waals surface area (Å²) in [7, 11) is -4.48. The Morgan fingerprint density at radius 1 is 1.03 bits per heavy atom. The van der Waals surface area contributed by atoms with Crippen molar-refractivity contribution in [1.82, 2.24) is 4.72 Å². The van der Waals surface area contributed by atoms with Gasteiger partial charge in [-0.1, -0.05) is 23.7 Å². The van der Waals surface area contributed by atoms with Gasteiger partial charge in [-0.2, -0.15) is 13.2 Å². The zero-order valence-electron chi connectivity index (χ0n) is 15.1. The van der Waals surface area contributed by atoms with Gasteiger partial charge in [0, 0.05) is 12.1 Å². The minimum atomic E-state index is -4.86. The molecular weight excluding hydrogens is 431 g/mol. The van der Waals surface area contributed by atoms with Crippen LogP contribution >= 0.6 is 11.6 Å². The van der Waals surface area contributed by atoms with E-state index in [-0.39, 0.29) is 17.4 Å². The Bertz CT molecular complexity index is 1000.